The maximum Gasteiger partial charge on any atom is 0.228 e. The van der Waals surface area contributed by atoms with Gasteiger partial charge in [0.25, 0.3) is 0 Å². The molecule has 0 atom stereocenters. The van der Waals surface area contributed by atoms with Gasteiger partial charge in [-0.25, -0.2) is 28.8 Å². The molecular formula is C19H18FN9. The molecule has 0 saturated carbocycles. The topological polar surface area (TPSA) is 96.2 Å². The van der Waals surface area contributed by atoms with Crippen LogP contribution in [0.3, 0.4) is 0 Å². The predicted octanol–water partition coefficient (Wildman–Crippen LogP) is 1.87. The molecule has 0 radical (unpaired) electrons. The minimum absolute atomic E-state index is 0.0809. The first kappa shape index (κ1) is 17.4. The minimum atomic E-state index is -0.466. The van der Waals surface area contributed by atoms with Gasteiger partial charge in [0.05, 0.1) is 11.9 Å². The van der Waals surface area contributed by atoms with Gasteiger partial charge < -0.3 is 15.5 Å². The molecule has 4 aromatic heterocycles. The fourth-order valence-corrected chi connectivity index (χ4v) is 3.23. The van der Waals surface area contributed by atoms with Crippen molar-refractivity contribution in [3.05, 3.63) is 54.9 Å². The Kier molecular flexibility index (Phi) is 4.45. The van der Waals surface area contributed by atoms with Gasteiger partial charge in [0.15, 0.2) is 17.3 Å². The Morgan fingerprint density at radius 3 is 2.59 bits per heavy atom. The van der Waals surface area contributed by atoms with Crippen LogP contribution >= 0.6 is 0 Å². The zero-order valence-corrected chi connectivity index (χ0v) is 15.5. The quantitative estimate of drug-likeness (QED) is 0.544. The van der Waals surface area contributed by atoms with Crippen LogP contribution in [0.5, 0.6) is 0 Å². The second-order valence-electron chi connectivity index (χ2n) is 6.60. The average Bonchev–Trinajstić information content (AvgIpc) is 3.20. The first-order valence-electron chi connectivity index (χ1n) is 9.28. The second-order valence-corrected chi connectivity index (χ2v) is 6.60. The third-order valence-electron chi connectivity index (χ3n) is 4.73. The SMILES string of the molecule is Fc1cccnc1Nc1ncc(-c2cnc3ccc(N4CCNCC4)nn23)cn1. The Hall–Kier alpha value is -3.66. The lowest BCUT2D eigenvalue weighted by Gasteiger charge is -2.28. The molecule has 29 heavy (non-hydrogen) atoms. The van der Waals surface area contributed by atoms with E-state index in [-0.39, 0.29) is 11.8 Å². The zero-order valence-electron chi connectivity index (χ0n) is 15.5. The van der Waals surface area contributed by atoms with Crippen LogP contribution in [-0.4, -0.2) is 55.7 Å². The highest BCUT2D eigenvalue weighted by Gasteiger charge is 2.15. The largest absolute Gasteiger partial charge is 0.353 e. The van der Waals surface area contributed by atoms with Crippen LogP contribution in [0.4, 0.5) is 22.0 Å². The Morgan fingerprint density at radius 1 is 0.966 bits per heavy atom. The van der Waals surface area contributed by atoms with E-state index in [1.54, 1.807) is 23.1 Å². The smallest absolute Gasteiger partial charge is 0.228 e. The number of rotatable bonds is 4. The Morgan fingerprint density at radius 2 is 1.79 bits per heavy atom. The van der Waals surface area contributed by atoms with Crippen LogP contribution in [0, 0.1) is 5.82 Å². The van der Waals surface area contributed by atoms with Crippen LogP contribution in [-0.2, 0) is 0 Å². The summed E-state index contributed by atoms with van der Waals surface area (Å²) in [4.78, 5) is 19.2. The van der Waals surface area contributed by atoms with Gasteiger partial charge in [-0.05, 0) is 24.3 Å². The summed E-state index contributed by atoms with van der Waals surface area (Å²) in [6.45, 7) is 3.71. The van der Waals surface area contributed by atoms with Crippen LogP contribution in [0.2, 0.25) is 0 Å². The van der Waals surface area contributed by atoms with Crippen molar-refractivity contribution in [3.8, 4) is 11.3 Å². The maximum atomic E-state index is 13.7. The molecule has 5 heterocycles. The Labute approximate surface area is 165 Å². The Balaban J connectivity index is 1.43. The Bertz CT molecular complexity index is 1140. The van der Waals surface area contributed by atoms with Crippen molar-refractivity contribution >= 4 is 23.2 Å². The highest BCUT2D eigenvalue weighted by atomic mass is 19.1. The lowest BCUT2D eigenvalue weighted by molar-refractivity contribution is 0.582. The van der Waals surface area contributed by atoms with Gasteiger partial charge in [-0.3, -0.25) is 0 Å². The van der Waals surface area contributed by atoms with E-state index in [0.717, 1.165) is 48.9 Å². The molecule has 146 valence electrons. The van der Waals surface area contributed by atoms with Gasteiger partial charge >= 0.3 is 0 Å². The summed E-state index contributed by atoms with van der Waals surface area (Å²) in [6.07, 6.45) is 6.55. The van der Waals surface area contributed by atoms with E-state index in [9.17, 15) is 4.39 Å². The molecule has 1 aliphatic rings. The van der Waals surface area contributed by atoms with Crippen molar-refractivity contribution < 1.29 is 4.39 Å². The van der Waals surface area contributed by atoms with Gasteiger partial charge in [0.2, 0.25) is 5.95 Å². The molecule has 1 saturated heterocycles. The van der Waals surface area contributed by atoms with E-state index >= 15 is 0 Å². The summed E-state index contributed by atoms with van der Waals surface area (Å²) < 4.78 is 15.5. The number of nitrogens with one attached hydrogen (secondary N) is 2. The first-order chi connectivity index (χ1) is 14.3. The standard InChI is InChI=1S/C19H18FN9/c20-14-2-1-5-22-18(14)26-19-24-10-13(11-25-19)15-12-23-16-3-4-17(27-29(15)16)28-8-6-21-7-9-28/h1-5,10-12,21H,6-9H2,(H,22,24,25,26). The van der Waals surface area contributed by atoms with Gasteiger partial charge in [-0.15, -0.1) is 5.10 Å². The van der Waals surface area contributed by atoms with Crippen molar-refractivity contribution in [2.45, 2.75) is 0 Å². The summed E-state index contributed by atoms with van der Waals surface area (Å²) in [5, 5.41) is 10.9. The van der Waals surface area contributed by atoms with E-state index in [1.165, 1.54) is 18.3 Å². The van der Waals surface area contributed by atoms with Crippen molar-refractivity contribution in [1.29, 1.82) is 0 Å². The second kappa shape index (κ2) is 7.40. The molecule has 0 bridgehead atoms. The van der Waals surface area contributed by atoms with Gasteiger partial charge in [0, 0.05) is 50.3 Å². The highest BCUT2D eigenvalue weighted by molar-refractivity contribution is 5.63. The monoisotopic (exact) mass is 391 g/mol. The number of aromatic nitrogens is 6. The maximum absolute atomic E-state index is 13.7. The molecule has 0 spiro atoms. The number of hydrogen-bond donors (Lipinski definition) is 2. The zero-order chi connectivity index (χ0) is 19.6. The first-order valence-corrected chi connectivity index (χ1v) is 9.28. The summed E-state index contributed by atoms with van der Waals surface area (Å²) >= 11 is 0. The molecule has 4 aromatic rings. The third-order valence-corrected chi connectivity index (χ3v) is 4.73. The predicted molar refractivity (Wildman–Crippen MR) is 107 cm³/mol. The molecule has 0 aliphatic carbocycles. The molecule has 9 nitrogen and oxygen atoms in total. The molecule has 0 aromatic carbocycles. The molecular weight excluding hydrogens is 373 g/mol. The number of anilines is 3. The van der Waals surface area contributed by atoms with Crippen molar-refractivity contribution in [2.75, 3.05) is 36.4 Å². The molecule has 5 rings (SSSR count). The number of piperazine rings is 1. The lowest BCUT2D eigenvalue weighted by Crippen LogP contribution is -2.44. The molecule has 1 aliphatic heterocycles. The molecule has 2 N–H and O–H groups in total. The van der Waals surface area contributed by atoms with Crippen LogP contribution in [0.15, 0.2) is 49.1 Å². The van der Waals surface area contributed by atoms with Crippen LogP contribution < -0.4 is 15.5 Å². The number of halogens is 1. The lowest BCUT2D eigenvalue weighted by atomic mass is 10.3. The molecule has 10 heteroatoms. The number of fused-ring (bicyclic) bond motifs is 1. The van der Waals surface area contributed by atoms with Crippen molar-refractivity contribution in [1.82, 2.24) is 34.9 Å². The number of nitrogens with zero attached hydrogens (tertiary/aromatic N) is 7. The van der Waals surface area contributed by atoms with Crippen LogP contribution in [0.25, 0.3) is 16.9 Å². The fraction of sp³-hybridized carbons (Fsp3) is 0.211. The van der Waals surface area contributed by atoms with E-state index in [4.69, 9.17) is 5.10 Å². The summed E-state index contributed by atoms with van der Waals surface area (Å²) in [5.41, 5.74) is 2.29. The van der Waals surface area contributed by atoms with E-state index < -0.39 is 5.82 Å². The van der Waals surface area contributed by atoms with Gasteiger partial charge in [-0.1, -0.05) is 0 Å². The number of pyridine rings is 1. The highest BCUT2D eigenvalue weighted by Crippen LogP contribution is 2.22. The van der Waals surface area contributed by atoms with Crippen LogP contribution in [0.1, 0.15) is 0 Å². The fourth-order valence-electron chi connectivity index (χ4n) is 3.23. The van der Waals surface area contributed by atoms with Gasteiger partial charge in [-0.2, -0.15) is 0 Å². The summed E-state index contributed by atoms with van der Waals surface area (Å²) in [7, 11) is 0. The normalized spacial score (nSPS) is 14.3. The van der Waals surface area contributed by atoms with Crippen molar-refractivity contribution in [3.63, 3.8) is 0 Å². The van der Waals surface area contributed by atoms with E-state index in [1.807, 2.05) is 12.1 Å². The number of hydrogen-bond acceptors (Lipinski definition) is 8. The molecule has 0 amide bonds. The van der Waals surface area contributed by atoms with E-state index in [2.05, 4.69) is 35.5 Å². The third kappa shape index (κ3) is 3.45. The summed E-state index contributed by atoms with van der Waals surface area (Å²) in [6, 6.07) is 6.79. The molecule has 0 unspecified atom stereocenters. The van der Waals surface area contributed by atoms with Gasteiger partial charge in [0.1, 0.15) is 5.82 Å². The summed E-state index contributed by atoms with van der Waals surface area (Å²) in [5.74, 6) is 0.779. The minimum Gasteiger partial charge on any atom is -0.353 e. The average molecular weight is 391 g/mol. The number of imidazole rings is 1. The van der Waals surface area contributed by atoms with Crippen molar-refractivity contribution in [2.24, 2.45) is 0 Å². The molecule has 1 fully saturated rings. The van der Waals surface area contributed by atoms with E-state index in [0.29, 0.717) is 0 Å².